The van der Waals surface area contributed by atoms with Crippen LogP contribution in [0.3, 0.4) is 0 Å². The lowest BCUT2D eigenvalue weighted by molar-refractivity contribution is -0.0432. The molecule has 9 nitrogen and oxygen atoms in total. The van der Waals surface area contributed by atoms with Gasteiger partial charge >= 0.3 is 0 Å². The molecule has 0 aromatic carbocycles. The molecule has 1 saturated heterocycles. The molecule has 2 N–H and O–H groups in total. The normalized spacial score (nSPS) is 22.9. The van der Waals surface area contributed by atoms with Crippen LogP contribution in [0.15, 0.2) is 17.6 Å². The fourth-order valence-corrected chi connectivity index (χ4v) is 3.44. The molecule has 9 heteroatoms. The Kier molecular flexibility index (Phi) is 6.58. The molecule has 0 spiro atoms. The van der Waals surface area contributed by atoms with Crippen LogP contribution in [0.1, 0.15) is 40.3 Å². The highest BCUT2D eigenvalue weighted by molar-refractivity contribution is 5.83. The van der Waals surface area contributed by atoms with Crippen LogP contribution in [0, 0.1) is 11.8 Å². The summed E-state index contributed by atoms with van der Waals surface area (Å²) in [4.78, 5) is 19.8. The minimum Gasteiger partial charge on any atom is -0.394 e. The van der Waals surface area contributed by atoms with Crippen molar-refractivity contribution in [1.29, 1.82) is 0 Å². The summed E-state index contributed by atoms with van der Waals surface area (Å²) in [6.07, 6.45) is 3.54. The molecule has 1 aliphatic heterocycles. The van der Waals surface area contributed by atoms with Crippen LogP contribution in [0.5, 0.6) is 0 Å². The molecular formula is C19H30N6O3. The van der Waals surface area contributed by atoms with Gasteiger partial charge < -0.3 is 19.8 Å². The third kappa shape index (κ3) is 4.65. The Bertz CT molecular complexity index is 796. The number of aliphatic hydroxyl groups excluding tert-OH is 2. The van der Waals surface area contributed by atoms with E-state index in [1.54, 1.807) is 10.9 Å². The summed E-state index contributed by atoms with van der Waals surface area (Å²) < 4.78 is 7.48. The molecule has 0 aliphatic carbocycles. The molecule has 3 rings (SSSR count). The van der Waals surface area contributed by atoms with Crippen LogP contribution in [0.25, 0.3) is 11.2 Å². The van der Waals surface area contributed by atoms with Crippen molar-refractivity contribution in [3.05, 3.63) is 12.7 Å². The minimum atomic E-state index is -0.715. The number of hydrogen-bond acceptors (Lipinski definition) is 7. The highest BCUT2D eigenvalue weighted by atomic mass is 16.5. The van der Waals surface area contributed by atoms with Gasteiger partial charge in [0, 0.05) is 19.5 Å². The molecule has 1 fully saturated rings. The Morgan fingerprint density at radius 1 is 1.25 bits per heavy atom. The monoisotopic (exact) mass is 390 g/mol. The lowest BCUT2D eigenvalue weighted by Gasteiger charge is -2.23. The van der Waals surface area contributed by atoms with E-state index in [0.717, 1.165) is 13.1 Å². The topological polar surface area (TPSA) is 109 Å². The summed E-state index contributed by atoms with van der Waals surface area (Å²) in [5.41, 5.74) is 1.18. The van der Waals surface area contributed by atoms with Crippen molar-refractivity contribution < 1.29 is 14.9 Å². The van der Waals surface area contributed by atoms with Crippen LogP contribution < -0.4 is 0 Å². The molecule has 28 heavy (non-hydrogen) atoms. The molecule has 0 amide bonds. The maximum atomic E-state index is 9.99. The molecule has 3 atom stereocenters. The van der Waals surface area contributed by atoms with Gasteiger partial charge in [0.25, 0.3) is 0 Å². The van der Waals surface area contributed by atoms with E-state index in [0.29, 0.717) is 35.2 Å². The maximum absolute atomic E-state index is 9.99. The molecule has 2 aromatic heterocycles. The van der Waals surface area contributed by atoms with Crippen molar-refractivity contribution in [3.63, 3.8) is 0 Å². The number of nitrogens with zero attached hydrogens (tertiary/aromatic N) is 6. The summed E-state index contributed by atoms with van der Waals surface area (Å²) in [6, 6.07) is 0. The molecule has 0 saturated carbocycles. The molecule has 0 bridgehead atoms. The summed E-state index contributed by atoms with van der Waals surface area (Å²) in [6.45, 7) is 10.3. The van der Waals surface area contributed by atoms with Crippen molar-refractivity contribution >= 4 is 23.3 Å². The van der Waals surface area contributed by atoms with Gasteiger partial charge in [-0.25, -0.2) is 19.9 Å². The number of ether oxygens (including phenoxy) is 1. The Hall–Kier alpha value is -2.10. The van der Waals surface area contributed by atoms with E-state index in [4.69, 9.17) is 4.74 Å². The van der Waals surface area contributed by atoms with Gasteiger partial charge in [-0.2, -0.15) is 0 Å². The van der Waals surface area contributed by atoms with Gasteiger partial charge in [-0.3, -0.25) is 4.57 Å². The number of aromatic nitrogens is 4. The third-order valence-corrected chi connectivity index (χ3v) is 4.58. The molecule has 2 aromatic rings. The number of imidazole rings is 1. The first-order chi connectivity index (χ1) is 13.4. The van der Waals surface area contributed by atoms with E-state index in [-0.39, 0.29) is 6.61 Å². The van der Waals surface area contributed by atoms with E-state index in [1.807, 2.05) is 6.34 Å². The second-order valence-electron chi connectivity index (χ2n) is 8.12. The highest BCUT2D eigenvalue weighted by Crippen LogP contribution is 2.31. The SMILES string of the molecule is CC(C)CN(C=Nc1ncnc2c1ncn2[C@H]1C[C@H](O)[C@@H](CO)O1)CC(C)C. The first-order valence-electron chi connectivity index (χ1n) is 9.79. The van der Waals surface area contributed by atoms with Gasteiger partial charge in [-0.15, -0.1) is 0 Å². The number of hydrogen-bond donors (Lipinski definition) is 2. The van der Waals surface area contributed by atoms with E-state index in [9.17, 15) is 10.2 Å². The number of aliphatic imine (C=N–C) groups is 1. The Morgan fingerprint density at radius 2 is 1.96 bits per heavy atom. The fraction of sp³-hybridized carbons (Fsp3) is 0.684. The predicted octanol–water partition coefficient (Wildman–Crippen LogP) is 1.74. The zero-order valence-electron chi connectivity index (χ0n) is 16.9. The Labute approximate surface area is 165 Å². The average Bonchev–Trinajstić information content (AvgIpc) is 3.22. The molecular weight excluding hydrogens is 360 g/mol. The van der Waals surface area contributed by atoms with Gasteiger partial charge in [-0.05, 0) is 11.8 Å². The molecule has 3 heterocycles. The minimum absolute atomic E-state index is 0.226. The van der Waals surface area contributed by atoms with Crippen LogP contribution in [0.4, 0.5) is 5.82 Å². The third-order valence-electron chi connectivity index (χ3n) is 4.58. The van der Waals surface area contributed by atoms with E-state index >= 15 is 0 Å². The summed E-state index contributed by atoms with van der Waals surface area (Å²) in [5.74, 6) is 1.55. The van der Waals surface area contributed by atoms with Crippen LogP contribution in [-0.2, 0) is 4.74 Å². The second-order valence-corrected chi connectivity index (χ2v) is 8.12. The molecule has 0 unspecified atom stereocenters. The zero-order valence-corrected chi connectivity index (χ0v) is 16.9. The van der Waals surface area contributed by atoms with Crippen molar-refractivity contribution in [3.8, 4) is 0 Å². The summed E-state index contributed by atoms with van der Waals surface area (Å²) in [7, 11) is 0. The smallest absolute Gasteiger partial charge is 0.184 e. The van der Waals surface area contributed by atoms with Crippen LogP contribution in [-0.4, -0.2) is 72.9 Å². The van der Waals surface area contributed by atoms with Crippen molar-refractivity contribution in [2.24, 2.45) is 16.8 Å². The summed E-state index contributed by atoms with van der Waals surface area (Å²) >= 11 is 0. The second kappa shape index (κ2) is 8.93. The van der Waals surface area contributed by atoms with Gasteiger partial charge in [0.1, 0.15) is 18.7 Å². The van der Waals surface area contributed by atoms with Gasteiger partial charge in [0.15, 0.2) is 17.0 Å². The van der Waals surface area contributed by atoms with E-state index in [1.165, 1.54) is 6.33 Å². The highest BCUT2D eigenvalue weighted by Gasteiger charge is 2.35. The largest absolute Gasteiger partial charge is 0.394 e. The summed E-state index contributed by atoms with van der Waals surface area (Å²) in [5, 5.41) is 19.3. The lowest BCUT2D eigenvalue weighted by atomic mass is 10.1. The maximum Gasteiger partial charge on any atom is 0.184 e. The first kappa shape index (κ1) is 20.6. The van der Waals surface area contributed by atoms with Gasteiger partial charge in [0.2, 0.25) is 0 Å². The van der Waals surface area contributed by atoms with Crippen molar-refractivity contribution in [2.75, 3.05) is 19.7 Å². The first-order valence-corrected chi connectivity index (χ1v) is 9.79. The number of fused-ring (bicyclic) bond motifs is 1. The Morgan fingerprint density at radius 3 is 2.57 bits per heavy atom. The number of aliphatic hydroxyl groups is 2. The van der Waals surface area contributed by atoms with Crippen molar-refractivity contribution in [2.45, 2.75) is 52.6 Å². The fourth-order valence-electron chi connectivity index (χ4n) is 3.44. The molecule has 0 radical (unpaired) electrons. The zero-order chi connectivity index (χ0) is 20.3. The van der Waals surface area contributed by atoms with Crippen LogP contribution in [0.2, 0.25) is 0 Å². The quantitative estimate of drug-likeness (QED) is 0.522. The average molecular weight is 390 g/mol. The van der Waals surface area contributed by atoms with Crippen LogP contribution >= 0.6 is 0 Å². The molecule has 1 aliphatic rings. The van der Waals surface area contributed by atoms with E-state index < -0.39 is 18.4 Å². The van der Waals surface area contributed by atoms with Gasteiger partial charge in [0.05, 0.1) is 25.4 Å². The van der Waals surface area contributed by atoms with E-state index in [2.05, 4.69) is 52.5 Å². The number of rotatable bonds is 8. The predicted molar refractivity (Wildman–Crippen MR) is 106 cm³/mol. The van der Waals surface area contributed by atoms with Crippen molar-refractivity contribution in [1.82, 2.24) is 24.4 Å². The van der Waals surface area contributed by atoms with Gasteiger partial charge in [-0.1, -0.05) is 27.7 Å². The lowest BCUT2D eigenvalue weighted by Crippen LogP contribution is -2.30. The standard InChI is InChI=1S/C19H30N6O3/c1-12(2)6-24(7-13(3)4)10-23-18-17-19(21-9-20-18)25(11-22-17)16-5-14(27)15(8-26)28-16/h9-16,26-27H,5-8H2,1-4H3/t14-,15+,16+/m0/s1. The molecule has 154 valence electrons. The Balaban J connectivity index is 1.84.